The van der Waals surface area contributed by atoms with Crippen LogP contribution in [0, 0.1) is 0 Å². The van der Waals surface area contributed by atoms with E-state index in [0.717, 1.165) is 19.4 Å². The molecule has 2 N–H and O–H groups in total. The standard InChI is InChI=1S/C14H26ClN5O3S/c1-3-4-5-6-7-8-9-16-13-17-12(15)18-14(19-13)20(2)10-11-24(21,22)23/h3-11H2,1-2H3,(H,21,22,23)(H,16,17,18,19). The fourth-order valence-corrected chi connectivity index (χ4v) is 2.71. The van der Waals surface area contributed by atoms with Crippen molar-refractivity contribution in [1.29, 1.82) is 0 Å². The van der Waals surface area contributed by atoms with Gasteiger partial charge in [0.25, 0.3) is 10.1 Å². The van der Waals surface area contributed by atoms with E-state index in [9.17, 15) is 8.42 Å². The summed E-state index contributed by atoms with van der Waals surface area (Å²) in [6, 6.07) is 0. The Morgan fingerprint density at radius 3 is 2.46 bits per heavy atom. The van der Waals surface area contributed by atoms with Crippen LogP contribution < -0.4 is 10.2 Å². The van der Waals surface area contributed by atoms with Crippen molar-refractivity contribution >= 4 is 33.6 Å². The first-order valence-electron chi connectivity index (χ1n) is 8.13. The Labute approximate surface area is 148 Å². The topological polar surface area (TPSA) is 108 Å². The maximum absolute atomic E-state index is 10.8. The van der Waals surface area contributed by atoms with Gasteiger partial charge in [-0.25, -0.2) is 0 Å². The van der Waals surface area contributed by atoms with Gasteiger partial charge in [0, 0.05) is 20.1 Å². The van der Waals surface area contributed by atoms with E-state index >= 15 is 0 Å². The number of hydrogen-bond acceptors (Lipinski definition) is 7. The van der Waals surface area contributed by atoms with E-state index in [4.69, 9.17) is 16.2 Å². The third-order valence-electron chi connectivity index (χ3n) is 3.44. The fraction of sp³-hybridized carbons (Fsp3) is 0.786. The summed E-state index contributed by atoms with van der Waals surface area (Å²) in [6.07, 6.45) is 7.15. The molecule has 1 aromatic rings. The van der Waals surface area contributed by atoms with Gasteiger partial charge in [-0.05, 0) is 18.0 Å². The number of nitrogens with one attached hydrogen (secondary N) is 1. The molecule has 1 aromatic heterocycles. The minimum absolute atomic E-state index is 0.0316. The summed E-state index contributed by atoms with van der Waals surface area (Å²) in [5.74, 6) is 0.203. The highest BCUT2D eigenvalue weighted by molar-refractivity contribution is 7.85. The number of hydrogen-bond donors (Lipinski definition) is 2. The van der Waals surface area contributed by atoms with E-state index in [0.29, 0.717) is 5.95 Å². The minimum Gasteiger partial charge on any atom is -0.354 e. The molecule has 0 aliphatic rings. The Morgan fingerprint density at radius 2 is 1.79 bits per heavy atom. The maximum Gasteiger partial charge on any atom is 0.266 e. The summed E-state index contributed by atoms with van der Waals surface area (Å²) in [7, 11) is -2.42. The van der Waals surface area contributed by atoms with Gasteiger partial charge in [0.05, 0.1) is 5.75 Å². The van der Waals surface area contributed by atoms with E-state index in [-0.39, 0.29) is 17.8 Å². The predicted molar refractivity (Wildman–Crippen MR) is 96.4 cm³/mol. The molecule has 8 nitrogen and oxygen atoms in total. The van der Waals surface area contributed by atoms with Crippen molar-refractivity contribution in [3.05, 3.63) is 5.28 Å². The Balaban J connectivity index is 2.47. The molecule has 0 aliphatic heterocycles. The summed E-state index contributed by atoms with van der Waals surface area (Å²) in [5, 5.41) is 3.13. The van der Waals surface area contributed by atoms with Crippen molar-refractivity contribution in [3.63, 3.8) is 0 Å². The molecule has 24 heavy (non-hydrogen) atoms. The van der Waals surface area contributed by atoms with Crippen LogP contribution in [0.15, 0.2) is 0 Å². The lowest BCUT2D eigenvalue weighted by molar-refractivity contribution is 0.483. The SMILES string of the molecule is CCCCCCCCNc1nc(Cl)nc(N(C)CCS(=O)(=O)O)n1. The van der Waals surface area contributed by atoms with Crippen molar-refractivity contribution in [2.45, 2.75) is 45.4 Å². The van der Waals surface area contributed by atoms with Gasteiger partial charge >= 0.3 is 0 Å². The van der Waals surface area contributed by atoms with Gasteiger partial charge in [0.2, 0.25) is 17.2 Å². The summed E-state index contributed by atoms with van der Waals surface area (Å²) in [4.78, 5) is 13.7. The zero-order valence-electron chi connectivity index (χ0n) is 14.2. The van der Waals surface area contributed by atoms with Gasteiger partial charge in [-0.15, -0.1) is 0 Å². The molecule has 0 amide bonds. The summed E-state index contributed by atoms with van der Waals surface area (Å²) >= 11 is 5.88. The lowest BCUT2D eigenvalue weighted by Gasteiger charge is -2.16. The molecule has 10 heteroatoms. The zero-order chi connectivity index (χ0) is 18.0. The van der Waals surface area contributed by atoms with Crippen LogP contribution in [0.2, 0.25) is 5.28 Å². The Hall–Kier alpha value is -1.19. The second-order valence-corrected chi connectivity index (χ2v) is 7.54. The van der Waals surface area contributed by atoms with Crippen molar-refractivity contribution in [1.82, 2.24) is 15.0 Å². The van der Waals surface area contributed by atoms with Crippen molar-refractivity contribution in [2.75, 3.05) is 36.1 Å². The normalized spacial score (nSPS) is 11.5. The molecule has 0 atom stereocenters. The van der Waals surface area contributed by atoms with Gasteiger partial charge in [-0.2, -0.15) is 23.4 Å². The average molecular weight is 380 g/mol. The molecular weight excluding hydrogens is 354 g/mol. The van der Waals surface area contributed by atoms with Crippen molar-refractivity contribution in [3.8, 4) is 0 Å². The Bertz CT molecular complexity index is 600. The maximum atomic E-state index is 10.8. The monoisotopic (exact) mass is 379 g/mol. The third kappa shape index (κ3) is 9.19. The molecule has 1 heterocycles. The van der Waals surface area contributed by atoms with Crippen LogP contribution in [0.5, 0.6) is 0 Å². The molecular formula is C14H26ClN5O3S. The van der Waals surface area contributed by atoms with E-state index < -0.39 is 15.9 Å². The quantitative estimate of drug-likeness (QED) is 0.421. The molecule has 0 unspecified atom stereocenters. The van der Waals surface area contributed by atoms with E-state index in [1.165, 1.54) is 30.6 Å². The minimum atomic E-state index is -4.04. The molecule has 0 fully saturated rings. The molecule has 0 aliphatic carbocycles. The largest absolute Gasteiger partial charge is 0.354 e. The van der Waals surface area contributed by atoms with E-state index in [1.54, 1.807) is 7.05 Å². The number of halogens is 1. The summed E-state index contributed by atoms with van der Waals surface area (Å²) in [6.45, 7) is 2.98. The smallest absolute Gasteiger partial charge is 0.266 e. The van der Waals surface area contributed by atoms with Crippen LogP contribution in [0.3, 0.4) is 0 Å². The molecule has 0 bridgehead atoms. The lowest BCUT2D eigenvalue weighted by Crippen LogP contribution is -2.27. The highest BCUT2D eigenvalue weighted by Gasteiger charge is 2.12. The first-order valence-corrected chi connectivity index (χ1v) is 10.1. The van der Waals surface area contributed by atoms with Crippen LogP contribution in [0.1, 0.15) is 45.4 Å². The average Bonchev–Trinajstić information content (AvgIpc) is 2.50. The number of anilines is 2. The molecule has 1 rings (SSSR count). The summed E-state index contributed by atoms with van der Waals surface area (Å²) < 4.78 is 30.4. The van der Waals surface area contributed by atoms with Crippen molar-refractivity contribution in [2.24, 2.45) is 0 Å². The van der Waals surface area contributed by atoms with Gasteiger partial charge in [0.1, 0.15) is 0 Å². The number of nitrogens with zero attached hydrogens (tertiary/aromatic N) is 4. The van der Waals surface area contributed by atoms with Crippen LogP contribution in [0.25, 0.3) is 0 Å². The summed E-state index contributed by atoms with van der Waals surface area (Å²) in [5.41, 5.74) is 0. The Kier molecular flexibility index (Phi) is 9.24. The highest BCUT2D eigenvalue weighted by atomic mass is 35.5. The first kappa shape index (κ1) is 20.9. The fourth-order valence-electron chi connectivity index (χ4n) is 2.05. The molecule has 0 saturated carbocycles. The molecule has 0 saturated heterocycles. The third-order valence-corrected chi connectivity index (χ3v) is 4.30. The van der Waals surface area contributed by atoms with Crippen LogP contribution in [-0.4, -0.2) is 53.8 Å². The van der Waals surface area contributed by atoms with Crippen LogP contribution in [0.4, 0.5) is 11.9 Å². The molecule has 0 spiro atoms. The first-order chi connectivity index (χ1) is 11.3. The van der Waals surface area contributed by atoms with E-state index in [1.807, 2.05) is 0 Å². The van der Waals surface area contributed by atoms with Crippen LogP contribution in [-0.2, 0) is 10.1 Å². The molecule has 0 aromatic carbocycles. The van der Waals surface area contributed by atoms with Gasteiger partial charge in [0.15, 0.2) is 0 Å². The van der Waals surface area contributed by atoms with Crippen LogP contribution >= 0.6 is 11.6 Å². The predicted octanol–water partition coefficient (Wildman–Crippen LogP) is 2.62. The van der Waals surface area contributed by atoms with E-state index in [2.05, 4.69) is 27.2 Å². The molecule has 0 radical (unpaired) electrons. The second kappa shape index (κ2) is 10.6. The van der Waals surface area contributed by atoms with Gasteiger partial charge in [-0.3, -0.25) is 4.55 Å². The number of aromatic nitrogens is 3. The Morgan fingerprint density at radius 1 is 1.12 bits per heavy atom. The molecule has 138 valence electrons. The number of rotatable bonds is 12. The van der Waals surface area contributed by atoms with Crippen molar-refractivity contribution < 1.29 is 13.0 Å². The van der Waals surface area contributed by atoms with Gasteiger partial charge in [-0.1, -0.05) is 39.0 Å². The van der Waals surface area contributed by atoms with Gasteiger partial charge < -0.3 is 10.2 Å². The lowest BCUT2D eigenvalue weighted by atomic mass is 10.1. The number of unbranched alkanes of at least 4 members (excludes halogenated alkanes) is 5. The highest BCUT2D eigenvalue weighted by Crippen LogP contribution is 2.13. The zero-order valence-corrected chi connectivity index (χ0v) is 15.8. The second-order valence-electron chi connectivity index (χ2n) is 5.63.